The number of ether oxygens (including phenoxy) is 2. The molecule has 4 nitrogen and oxygen atoms in total. The number of hydrogen-bond donors (Lipinski definition) is 0. The van der Waals surface area contributed by atoms with Gasteiger partial charge in [0.1, 0.15) is 11.8 Å². The molecule has 0 bridgehead atoms. The molecule has 0 aromatic heterocycles. The summed E-state index contributed by atoms with van der Waals surface area (Å²) in [6.45, 7) is 2.92. The molecule has 2 aromatic rings. The van der Waals surface area contributed by atoms with E-state index >= 15 is 0 Å². The van der Waals surface area contributed by atoms with Crippen LogP contribution in [-0.2, 0) is 22.5 Å². The molecule has 1 aliphatic rings. The zero-order chi connectivity index (χ0) is 16.2. The Morgan fingerprint density at radius 1 is 1.17 bits per heavy atom. The van der Waals surface area contributed by atoms with Gasteiger partial charge in [0.2, 0.25) is 0 Å². The second-order valence-corrected chi connectivity index (χ2v) is 5.58. The van der Waals surface area contributed by atoms with Gasteiger partial charge >= 0.3 is 5.97 Å². The number of carbonyl (C=O) groups excluding carboxylic acids is 1. The number of fused-ring (bicyclic) bond motifs is 1. The molecule has 2 aromatic carbocycles. The van der Waals surface area contributed by atoms with E-state index in [1.54, 1.807) is 7.11 Å². The third-order valence-electron chi connectivity index (χ3n) is 4.16. The fraction of sp³-hybridized carbons (Fsp3) is 0.316. The van der Waals surface area contributed by atoms with Crippen LogP contribution in [0.1, 0.15) is 18.1 Å². The molecule has 23 heavy (non-hydrogen) atoms. The maximum atomic E-state index is 12.3. The Hall–Kier alpha value is -2.49. The highest BCUT2D eigenvalue weighted by atomic mass is 16.5. The van der Waals surface area contributed by atoms with Crippen molar-refractivity contribution < 1.29 is 14.3 Å². The van der Waals surface area contributed by atoms with Crippen molar-refractivity contribution in [1.82, 2.24) is 0 Å². The van der Waals surface area contributed by atoms with E-state index in [1.165, 1.54) is 5.56 Å². The first-order valence-corrected chi connectivity index (χ1v) is 7.87. The van der Waals surface area contributed by atoms with Crippen molar-refractivity contribution in [2.24, 2.45) is 0 Å². The quantitative estimate of drug-likeness (QED) is 0.795. The number of para-hydroxylation sites is 1. The Morgan fingerprint density at radius 2 is 1.91 bits per heavy atom. The lowest BCUT2D eigenvalue weighted by molar-refractivity contribution is -0.144. The van der Waals surface area contributed by atoms with Gasteiger partial charge in [-0.05, 0) is 36.2 Å². The van der Waals surface area contributed by atoms with E-state index in [0.29, 0.717) is 19.6 Å². The first-order chi connectivity index (χ1) is 11.2. The molecule has 0 amide bonds. The minimum atomic E-state index is -0.255. The Balaban J connectivity index is 1.86. The van der Waals surface area contributed by atoms with Crippen molar-refractivity contribution in [3.05, 3.63) is 59.7 Å². The van der Waals surface area contributed by atoms with E-state index < -0.39 is 0 Å². The van der Waals surface area contributed by atoms with Crippen molar-refractivity contribution in [2.75, 3.05) is 18.6 Å². The van der Waals surface area contributed by atoms with Gasteiger partial charge in [-0.25, -0.2) is 4.79 Å². The normalized spacial score (nSPS) is 16.1. The fourth-order valence-corrected chi connectivity index (χ4v) is 3.02. The molecule has 0 saturated heterocycles. The van der Waals surface area contributed by atoms with E-state index in [0.717, 1.165) is 17.0 Å². The minimum absolute atomic E-state index is 0.155. The summed E-state index contributed by atoms with van der Waals surface area (Å²) in [5.41, 5.74) is 3.44. The van der Waals surface area contributed by atoms with Gasteiger partial charge in [0, 0.05) is 18.7 Å². The van der Waals surface area contributed by atoms with Crippen molar-refractivity contribution in [3.63, 3.8) is 0 Å². The number of nitrogens with zero attached hydrogens (tertiary/aromatic N) is 1. The highest BCUT2D eigenvalue weighted by molar-refractivity contribution is 5.84. The van der Waals surface area contributed by atoms with Gasteiger partial charge in [-0.15, -0.1) is 0 Å². The molecule has 4 heteroatoms. The Bertz CT molecular complexity index is 681. The summed E-state index contributed by atoms with van der Waals surface area (Å²) in [5.74, 6) is 0.676. The number of methoxy groups -OCH3 is 1. The summed E-state index contributed by atoms with van der Waals surface area (Å²) in [6.07, 6.45) is 0.700. The number of carbonyl (C=O) groups is 1. The molecule has 0 N–H and O–H groups in total. The van der Waals surface area contributed by atoms with Crippen LogP contribution in [0.25, 0.3) is 0 Å². The summed E-state index contributed by atoms with van der Waals surface area (Å²) >= 11 is 0. The lowest BCUT2D eigenvalue weighted by Gasteiger charge is -2.26. The van der Waals surface area contributed by atoms with Crippen LogP contribution in [0.3, 0.4) is 0 Å². The van der Waals surface area contributed by atoms with Crippen LogP contribution in [0.15, 0.2) is 48.5 Å². The van der Waals surface area contributed by atoms with Crippen LogP contribution < -0.4 is 9.64 Å². The van der Waals surface area contributed by atoms with Gasteiger partial charge in [-0.2, -0.15) is 0 Å². The van der Waals surface area contributed by atoms with Crippen molar-refractivity contribution >= 4 is 11.7 Å². The van der Waals surface area contributed by atoms with Crippen LogP contribution in [0.5, 0.6) is 5.75 Å². The second kappa shape index (κ2) is 6.73. The molecular formula is C19H21NO3. The van der Waals surface area contributed by atoms with E-state index in [2.05, 4.69) is 17.0 Å². The zero-order valence-corrected chi connectivity index (χ0v) is 13.5. The zero-order valence-electron chi connectivity index (χ0n) is 13.5. The van der Waals surface area contributed by atoms with Gasteiger partial charge in [0.25, 0.3) is 0 Å². The first-order valence-electron chi connectivity index (χ1n) is 7.87. The average Bonchev–Trinajstić information content (AvgIpc) is 2.95. The molecule has 1 unspecified atom stereocenters. The van der Waals surface area contributed by atoms with E-state index in [-0.39, 0.29) is 12.0 Å². The topological polar surface area (TPSA) is 38.8 Å². The average molecular weight is 311 g/mol. The summed E-state index contributed by atoms with van der Waals surface area (Å²) in [7, 11) is 1.66. The van der Waals surface area contributed by atoms with E-state index in [1.807, 2.05) is 43.3 Å². The van der Waals surface area contributed by atoms with E-state index in [9.17, 15) is 4.79 Å². The van der Waals surface area contributed by atoms with Gasteiger partial charge in [-0.3, -0.25) is 0 Å². The lowest BCUT2D eigenvalue weighted by Crippen LogP contribution is -2.39. The van der Waals surface area contributed by atoms with Gasteiger partial charge in [-0.1, -0.05) is 30.3 Å². The lowest BCUT2D eigenvalue weighted by atomic mass is 10.1. The Kier molecular flexibility index (Phi) is 4.51. The predicted molar refractivity (Wildman–Crippen MR) is 89.7 cm³/mol. The number of hydrogen-bond acceptors (Lipinski definition) is 4. The smallest absolute Gasteiger partial charge is 0.329 e. The minimum Gasteiger partial charge on any atom is -0.497 e. The molecule has 1 heterocycles. The first kappa shape index (κ1) is 15.4. The molecule has 120 valence electrons. The third-order valence-corrected chi connectivity index (χ3v) is 4.16. The SMILES string of the molecule is CCOC(=O)C1Cc2ccccc2N1Cc1ccc(OC)cc1. The number of esters is 1. The molecule has 0 fully saturated rings. The molecule has 0 spiro atoms. The van der Waals surface area contributed by atoms with Crippen LogP contribution >= 0.6 is 0 Å². The number of benzene rings is 2. The van der Waals surface area contributed by atoms with Crippen LogP contribution in [0.4, 0.5) is 5.69 Å². The second-order valence-electron chi connectivity index (χ2n) is 5.58. The van der Waals surface area contributed by atoms with Crippen LogP contribution in [-0.4, -0.2) is 25.7 Å². The predicted octanol–water partition coefficient (Wildman–Crippen LogP) is 3.19. The van der Waals surface area contributed by atoms with Crippen molar-refractivity contribution in [2.45, 2.75) is 25.9 Å². The number of rotatable bonds is 5. The monoisotopic (exact) mass is 311 g/mol. The highest BCUT2D eigenvalue weighted by Gasteiger charge is 2.35. The summed E-state index contributed by atoms with van der Waals surface area (Å²) in [4.78, 5) is 14.5. The van der Waals surface area contributed by atoms with E-state index in [4.69, 9.17) is 9.47 Å². The van der Waals surface area contributed by atoms with Crippen LogP contribution in [0.2, 0.25) is 0 Å². The number of anilines is 1. The van der Waals surface area contributed by atoms with Gasteiger partial charge in [0.15, 0.2) is 0 Å². The fourth-order valence-electron chi connectivity index (χ4n) is 3.02. The van der Waals surface area contributed by atoms with Crippen molar-refractivity contribution in [3.8, 4) is 5.75 Å². The molecule has 0 saturated carbocycles. The van der Waals surface area contributed by atoms with Gasteiger partial charge in [0.05, 0.1) is 13.7 Å². The van der Waals surface area contributed by atoms with Crippen molar-refractivity contribution in [1.29, 1.82) is 0 Å². The Labute approximate surface area is 136 Å². The molecule has 0 aliphatic carbocycles. The molecular weight excluding hydrogens is 290 g/mol. The maximum Gasteiger partial charge on any atom is 0.329 e. The Morgan fingerprint density at radius 3 is 2.61 bits per heavy atom. The summed E-state index contributed by atoms with van der Waals surface area (Å²) in [5, 5.41) is 0. The summed E-state index contributed by atoms with van der Waals surface area (Å²) < 4.78 is 10.5. The molecule has 3 rings (SSSR count). The third kappa shape index (κ3) is 3.16. The summed E-state index contributed by atoms with van der Waals surface area (Å²) in [6, 6.07) is 15.9. The largest absolute Gasteiger partial charge is 0.497 e. The standard InChI is InChI=1S/C19H21NO3/c1-3-23-19(21)18-12-15-6-4-5-7-17(15)20(18)13-14-8-10-16(22-2)11-9-14/h4-11,18H,3,12-13H2,1-2H3. The highest BCUT2D eigenvalue weighted by Crippen LogP contribution is 2.34. The molecule has 1 atom stereocenters. The maximum absolute atomic E-state index is 12.3. The molecule has 0 radical (unpaired) electrons. The van der Waals surface area contributed by atoms with Crippen LogP contribution in [0, 0.1) is 0 Å². The molecule has 1 aliphatic heterocycles. The van der Waals surface area contributed by atoms with Gasteiger partial charge < -0.3 is 14.4 Å².